The summed E-state index contributed by atoms with van der Waals surface area (Å²) in [6, 6.07) is 5.96. The zero-order valence-electron chi connectivity index (χ0n) is 12.3. The third-order valence-corrected chi connectivity index (χ3v) is 3.78. The highest BCUT2D eigenvalue weighted by Gasteiger charge is 2.16. The van der Waals surface area contributed by atoms with E-state index in [-0.39, 0.29) is 5.91 Å². The lowest BCUT2D eigenvalue weighted by molar-refractivity contribution is -0.121. The van der Waals surface area contributed by atoms with Gasteiger partial charge in [-0.3, -0.25) is 4.79 Å². The second kappa shape index (κ2) is 7.17. The summed E-state index contributed by atoms with van der Waals surface area (Å²) >= 11 is 0. The molecule has 4 nitrogen and oxygen atoms in total. The molecule has 0 radical (unpaired) electrons. The number of nitrogens with one attached hydrogen (secondary N) is 1. The predicted octanol–water partition coefficient (Wildman–Crippen LogP) is 2.70. The first-order valence-electron chi connectivity index (χ1n) is 7.23. The van der Waals surface area contributed by atoms with Crippen LogP contribution >= 0.6 is 0 Å². The van der Waals surface area contributed by atoms with E-state index in [1.165, 1.54) is 19.3 Å². The Morgan fingerprint density at radius 3 is 2.50 bits per heavy atom. The van der Waals surface area contributed by atoms with E-state index in [4.69, 9.17) is 9.47 Å². The molecule has 0 heterocycles. The molecule has 1 aromatic carbocycles. The lowest BCUT2D eigenvalue weighted by Crippen LogP contribution is -2.37. The molecule has 2 rings (SSSR count). The highest BCUT2D eigenvalue weighted by molar-refractivity contribution is 5.79. The van der Waals surface area contributed by atoms with E-state index in [9.17, 15) is 4.79 Å². The van der Waals surface area contributed by atoms with Crippen LogP contribution in [0.25, 0.3) is 0 Å². The normalized spacial score (nSPS) is 15.7. The van der Waals surface area contributed by atoms with Gasteiger partial charge in [-0.25, -0.2) is 0 Å². The number of benzene rings is 1. The molecule has 0 aromatic heterocycles. The Balaban J connectivity index is 1.93. The Hall–Kier alpha value is -1.71. The summed E-state index contributed by atoms with van der Waals surface area (Å²) < 4.78 is 10.4. The number of amides is 1. The van der Waals surface area contributed by atoms with E-state index in [1.807, 2.05) is 18.2 Å². The lowest BCUT2D eigenvalue weighted by Gasteiger charge is -2.22. The first-order valence-corrected chi connectivity index (χ1v) is 7.23. The summed E-state index contributed by atoms with van der Waals surface area (Å²) in [5.74, 6) is 1.43. The monoisotopic (exact) mass is 277 g/mol. The number of rotatable bonds is 5. The Morgan fingerprint density at radius 2 is 1.85 bits per heavy atom. The van der Waals surface area contributed by atoms with Gasteiger partial charge in [-0.05, 0) is 30.5 Å². The molecule has 0 aliphatic heterocycles. The third kappa shape index (κ3) is 3.89. The lowest BCUT2D eigenvalue weighted by atomic mass is 9.95. The van der Waals surface area contributed by atoms with Gasteiger partial charge >= 0.3 is 0 Å². The summed E-state index contributed by atoms with van der Waals surface area (Å²) in [6.45, 7) is 0. The molecule has 0 unspecified atom stereocenters. The van der Waals surface area contributed by atoms with Crippen LogP contribution < -0.4 is 14.8 Å². The van der Waals surface area contributed by atoms with Crippen molar-refractivity contribution in [2.45, 2.75) is 44.6 Å². The molecule has 20 heavy (non-hydrogen) atoms. The van der Waals surface area contributed by atoms with E-state index >= 15 is 0 Å². The van der Waals surface area contributed by atoms with E-state index < -0.39 is 0 Å². The summed E-state index contributed by atoms with van der Waals surface area (Å²) in [5, 5.41) is 3.12. The van der Waals surface area contributed by atoms with Crippen molar-refractivity contribution in [2.24, 2.45) is 0 Å². The third-order valence-electron chi connectivity index (χ3n) is 3.78. The van der Waals surface area contributed by atoms with Crippen molar-refractivity contribution in [3.63, 3.8) is 0 Å². The minimum absolute atomic E-state index is 0.0871. The van der Waals surface area contributed by atoms with Crippen molar-refractivity contribution in [2.75, 3.05) is 14.2 Å². The molecular formula is C16H23NO3. The number of hydrogen-bond donors (Lipinski definition) is 1. The van der Waals surface area contributed by atoms with Gasteiger partial charge in [0.15, 0.2) is 11.5 Å². The minimum atomic E-state index is 0.0871. The number of carbonyl (C=O) groups excluding carboxylic acids is 1. The Morgan fingerprint density at radius 1 is 1.15 bits per heavy atom. The fourth-order valence-corrected chi connectivity index (χ4v) is 2.70. The zero-order chi connectivity index (χ0) is 14.4. The Labute approximate surface area is 120 Å². The fourth-order valence-electron chi connectivity index (χ4n) is 2.70. The quantitative estimate of drug-likeness (QED) is 0.900. The molecule has 0 saturated heterocycles. The van der Waals surface area contributed by atoms with Crippen molar-refractivity contribution in [3.05, 3.63) is 23.8 Å². The van der Waals surface area contributed by atoms with Crippen molar-refractivity contribution in [1.82, 2.24) is 5.32 Å². The molecule has 1 aliphatic rings. The second-order valence-electron chi connectivity index (χ2n) is 5.27. The van der Waals surface area contributed by atoms with Crippen molar-refractivity contribution < 1.29 is 14.3 Å². The number of carbonyl (C=O) groups is 1. The maximum Gasteiger partial charge on any atom is 0.224 e. The standard InChI is InChI=1S/C16H23NO3/c1-19-14-9-8-12(10-15(14)20-2)11-16(18)17-13-6-4-3-5-7-13/h8-10,13H,3-7,11H2,1-2H3,(H,17,18). The molecule has 110 valence electrons. The Bertz CT molecular complexity index is 453. The van der Waals surface area contributed by atoms with Crippen LogP contribution in [0.2, 0.25) is 0 Å². The highest BCUT2D eigenvalue weighted by atomic mass is 16.5. The van der Waals surface area contributed by atoms with Crippen LogP contribution in [0.4, 0.5) is 0 Å². The predicted molar refractivity (Wildman–Crippen MR) is 78.3 cm³/mol. The fraction of sp³-hybridized carbons (Fsp3) is 0.562. The first kappa shape index (κ1) is 14.7. The zero-order valence-corrected chi connectivity index (χ0v) is 12.3. The van der Waals surface area contributed by atoms with E-state index in [1.54, 1.807) is 14.2 Å². The molecular weight excluding hydrogens is 254 g/mol. The highest BCUT2D eigenvalue weighted by Crippen LogP contribution is 2.27. The molecule has 0 bridgehead atoms. The van der Waals surface area contributed by atoms with Gasteiger partial charge in [0.25, 0.3) is 0 Å². The molecule has 1 N–H and O–H groups in total. The molecule has 1 fully saturated rings. The molecule has 1 saturated carbocycles. The van der Waals surface area contributed by atoms with Crippen LogP contribution in [-0.4, -0.2) is 26.2 Å². The van der Waals surface area contributed by atoms with E-state index in [0.29, 0.717) is 24.0 Å². The maximum absolute atomic E-state index is 12.1. The smallest absolute Gasteiger partial charge is 0.224 e. The van der Waals surface area contributed by atoms with Gasteiger partial charge in [0.1, 0.15) is 0 Å². The molecule has 1 aliphatic carbocycles. The van der Waals surface area contributed by atoms with Gasteiger partial charge in [0, 0.05) is 6.04 Å². The van der Waals surface area contributed by atoms with Gasteiger partial charge in [0.2, 0.25) is 5.91 Å². The molecule has 1 amide bonds. The van der Waals surface area contributed by atoms with Gasteiger partial charge < -0.3 is 14.8 Å². The molecule has 0 spiro atoms. The van der Waals surface area contributed by atoms with Crippen molar-refractivity contribution in [1.29, 1.82) is 0 Å². The maximum atomic E-state index is 12.1. The molecule has 1 aromatic rings. The summed E-state index contributed by atoms with van der Waals surface area (Å²) in [7, 11) is 3.21. The van der Waals surface area contributed by atoms with Crippen LogP contribution in [0.5, 0.6) is 11.5 Å². The number of methoxy groups -OCH3 is 2. The van der Waals surface area contributed by atoms with Crippen LogP contribution in [0, 0.1) is 0 Å². The van der Waals surface area contributed by atoms with Crippen LogP contribution in [0.15, 0.2) is 18.2 Å². The van der Waals surface area contributed by atoms with Gasteiger partial charge in [-0.1, -0.05) is 25.3 Å². The average Bonchev–Trinajstić information content (AvgIpc) is 2.48. The van der Waals surface area contributed by atoms with Crippen LogP contribution in [0.1, 0.15) is 37.7 Å². The summed E-state index contributed by atoms with van der Waals surface area (Å²) in [4.78, 5) is 12.1. The Kier molecular flexibility index (Phi) is 5.27. The van der Waals surface area contributed by atoms with Gasteiger partial charge in [0.05, 0.1) is 20.6 Å². The largest absolute Gasteiger partial charge is 0.493 e. The average molecular weight is 277 g/mol. The second-order valence-corrected chi connectivity index (χ2v) is 5.27. The van der Waals surface area contributed by atoms with Crippen molar-refractivity contribution in [3.8, 4) is 11.5 Å². The van der Waals surface area contributed by atoms with Crippen LogP contribution in [0.3, 0.4) is 0 Å². The van der Waals surface area contributed by atoms with Gasteiger partial charge in [-0.2, -0.15) is 0 Å². The van der Waals surface area contributed by atoms with Crippen molar-refractivity contribution >= 4 is 5.91 Å². The summed E-state index contributed by atoms with van der Waals surface area (Å²) in [5.41, 5.74) is 0.941. The minimum Gasteiger partial charge on any atom is -0.493 e. The SMILES string of the molecule is COc1ccc(CC(=O)NC2CCCCC2)cc1OC. The molecule has 4 heteroatoms. The van der Waals surface area contributed by atoms with Crippen LogP contribution in [-0.2, 0) is 11.2 Å². The number of hydrogen-bond acceptors (Lipinski definition) is 3. The summed E-state index contributed by atoms with van der Waals surface area (Å²) in [6.07, 6.45) is 6.34. The molecule has 0 atom stereocenters. The van der Waals surface area contributed by atoms with Gasteiger partial charge in [-0.15, -0.1) is 0 Å². The topological polar surface area (TPSA) is 47.6 Å². The number of ether oxygens (including phenoxy) is 2. The van der Waals surface area contributed by atoms with E-state index in [2.05, 4.69) is 5.32 Å². The first-order chi connectivity index (χ1) is 9.72. The van der Waals surface area contributed by atoms with E-state index in [0.717, 1.165) is 18.4 Å².